The molecule has 72 valence electrons. The van der Waals surface area contributed by atoms with Crippen molar-refractivity contribution < 1.29 is 0 Å². The maximum atomic E-state index is 5.68. The lowest BCUT2D eigenvalue weighted by Crippen LogP contribution is -2.26. The third-order valence-electron chi connectivity index (χ3n) is 3.66. The van der Waals surface area contributed by atoms with Crippen LogP contribution in [0.1, 0.15) is 46.0 Å². The maximum absolute atomic E-state index is 5.68. The molecule has 0 saturated heterocycles. The van der Waals surface area contributed by atoms with Gasteiger partial charge in [-0.05, 0) is 24.3 Å². The molecule has 2 N–H and O–H groups in total. The van der Waals surface area contributed by atoms with E-state index in [0.717, 1.165) is 18.4 Å². The molecule has 1 nitrogen and oxygen atoms in total. The van der Waals surface area contributed by atoms with E-state index in [-0.39, 0.29) is 0 Å². The van der Waals surface area contributed by atoms with Gasteiger partial charge in [0.2, 0.25) is 0 Å². The fourth-order valence-electron chi connectivity index (χ4n) is 2.34. The number of hydrogen-bond acceptors (Lipinski definition) is 1. The van der Waals surface area contributed by atoms with Crippen LogP contribution in [0.25, 0.3) is 0 Å². The first-order valence-corrected chi connectivity index (χ1v) is 5.45. The molecule has 0 aromatic carbocycles. The summed E-state index contributed by atoms with van der Waals surface area (Å²) in [4.78, 5) is 0. The van der Waals surface area contributed by atoms with Crippen LogP contribution in [-0.4, -0.2) is 6.54 Å². The first-order chi connectivity index (χ1) is 5.75. The van der Waals surface area contributed by atoms with E-state index in [9.17, 15) is 0 Å². The van der Waals surface area contributed by atoms with Gasteiger partial charge in [0.1, 0.15) is 0 Å². The summed E-state index contributed by atoms with van der Waals surface area (Å²) in [7, 11) is 0. The molecule has 0 spiro atoms. The average Bonchev–Trinajstić information content (AvgIpc) is 2.17. The van der Waals surface area contributed by atoms with E-state index in [4.69, 9.17) is 5.73 Å². The van der Waals surface area contributed by atoms with Crippen LogP contribution >= 0.6 is 0 Å². The molecule has 0 aliphatic heterocycles. The normalized spacial score (nSPS) is 25.2. The van der Waals surface area contributed by atoms with Crippen molar-refractivity contribution in [3.63, 3.8) is 0 Å². The summed E-state index contributed by atoms with van der Waals surface area (Å²) >= 11 is 0. The Morgan fingerprint density at radius 2 is 1.75 bits per heavy atom. The molecular formula is C11H23N. The van der Waals surface area contributed by atoms with Crippen molar-refractivity contribution in [3.05, 3.63) is 0 Å². The molecule has 2 atom stereocenters. The summed E-state index contributed by atoms with van der Waals surface area (Å²) in [6.07, 6.45) is 7.26. The van der Waals surface area contributed by atoms with Gasteiger partial charge in [0.05, 0.1) is 0 Å². The minimum absolute atomic E-state index is 0.716. The molecule has 1 aliphatic carbocycles. The van der Waals surface area contributed by atoms with Crippen LogP contribution in [0.2, 0.25) is 0 Å². The molecule has 1 heteroatoms. The highest BCUT2D eigenvalue weighted by Gasteiger charge is 2.23. The van der Waals surface area contributed by atoms with Crippen molar-refractivity contribution in [1.29, 1.82) is 0 Å². The number of nitrogens with two attached hydrogens (primary N) is 1. The van der Waals surface area contributed by atoms with E-state index >= 15 is 0 Å². The van der Waals surface area contributed by atoms with Crippen LogP contribution in [0.4, 0.5) is 0 Å². The van der Waals surface area contributed by atoms with Gasteiger partial charge in [-0.3, -0.25) is 0 Å². The molecule has 0 radical (unpaired) electrons. The second-order valence-electron chi connectivity index (χ2n) is 4.47. The minimum atomic E-state index is 0.716. The van der Waals surface area contributed by atoms with Crippen LogP contribution in [0.5, 0.6) is 0 Å². The highest BCUT2D eigenvalue weighted by Crippen LogP contribution is 2.33. The smallest absolute Gasteiger partial charge is 0.00489 e. The van der Waals surface area contributed by atoms with Crippen LogP contribution in [0.3, 0.4) is 0 Å². The molecule has 0 aromatic rings. The van der Waals surface area contributed by atoms with Crippen LogP contribution < -0.4 is 5.73 Å². The van der Waals surface area contributed by atoms with Crippen LogP contribution in [0.15, 0.2) is 0 Å². The molecule has 1 saturated carbocycles. The molecule has 12 heavy (non-hydrogen) atoms. The highest BCUT2D eigenvalue weighted by molar-refractivity contribution is 4.74. The van der Waals surface area contributed by atoms with Gasteiger partial charge in [-0.1, -0.05) is 46.0 Å². The lowest BCUT2D eigenvalue weighted by molar-refractivity contribution is 0.207. The average molecular weight is 169 g/mol. The fourth-order valence-corrected chi connectivity index (χ4v) is 2.34. The molecular weight excluding hydrogens is 146 g/mol. The topological polar surface area (TPSA) is 26.0 Å². The number of hydrogen-bond donors (Lipinski definition) is 1. The molecule has 0 aromatic heterocycles. The van der Waals surface area contributed by atoms with Crippen molar-refractivity contribution in [2.45, 2.75) is 46.0 Å². The summed E-state index contributed by atoms with van der Waals surface area (Å²) in [5.41, 5.74) is 5.68. The summed E-state index contributed by atoms with van der Waals surface area (Å²) in [5.74, 6) is 2.53. The first kappa shape index (κ1) is 10.0. The van der Waals surface area contributed by atoms with Gasteiger partial charge < -0.3 is 5.73 Å². The first-order valence-electron chi connectivity index (χ1n) is 5.45. The van der Waals surface area contributed by atoms with Gasteiger partial charge in [0, 0.05) is 0 Å². The Bertz CT molecular complexity index is 116. The SMILES string of the molecule is CC(CN)C(C)C1CCCCC1. The van der Waals surface area contributed by atoms with Crippen LogP contribution in [0, 0.1) is 17.8 Å². The van der Waals surface area contributed by atoms with Crippen molar-refractivity contribution in [2.75, 3.05) is 6.54 Å². The predicted molar refractivity (Wildman–Crippen MR) is 54.0 cm³/mol. The van der Waals surface area contributed by atoms with Crippen molar-refractivity contribution >= 4 is 0 Å². The molecule has 1 rings (SSSR count). The summed E-state index contributed by atoms with van der Waals surface area (Å²) < 4.78 is 0. The Kier molecular flexibility index (Phi) is 4.07. The zero-order valence-electron chi connectivity index (χ0n) is 8.55. The zero-order chi connectivity index (χ0) is 8.97. The quantitative estimate of drug-likeness (QED) is 0.690. The van der Waals surface area contributed by atoms with Gasteiger partial charge in [-0.25, -0.2) is 0 Å². The monoisotopic (exact) mass is 169 g/mol. The van der Waals surface area contributed by atoms with E-state index in [2.05, 4.69) is 13.8 Å². The van der Waals surface area contributed by atoms with E-state index in [1.807, 2.05) is 0 Å². The van der Waals surface area contributed by atoms with Gasteiger partial charge in [0.15, 0.2) is 0 Å². The van der Waals surface area contributed by atoms with Crippen molar-refractivity contribution in [1.82, 2.24) is 0 Å². The van der Waals surface area contributed by atoms with Gasteiger partial charge in [-0.15, -0.1) is 0 Å². The highest BCUT2D eigenvalue weighted by atomic mass is 14.5. The second kappa shape index (κ2) is 4.86. The lowest BCUT2D eigenvalue weighted by atomic mass is 9.76. The third kappa shape index (κ3) is 2.48. The fraction of sp³-hybridized carbons (Fsp3) is 1.00. The van der Waals surface area contributed by atoms with E-state index in [1.165, 1.54) is 32.1 Å². The molecule has 2 unspecified atom stereocenters. The molecule has 0 bridgehead atoms. The Morgan fingerprint density at radius 1 is 1.17 bits per heavy atom. The summed E-state index contributed by atoms with van der Waals surface area (Å²) in [6.45, 7) is 5.53. The van der Waals surface area contributed by atoms with E-state index in [0.29, 0.717) is 5.92 Å². The standard InChI is InChI=1S/C11H23N/c1-9(8-12)10(2)11-6-4-3-5-7-11/h9-11H,3-8,12H2,1-2H3. The number of rotatable bonds is 3. The summed E-state index contributed by atoms with van der Waals surface area (Å²) in [6, 6.07) is 0. The Hall–Kier alpha value is -0.0400. The molecule has 1 aliphatic rings. The summed E-state index contributed by atoms with van der Waals surface area (Å²) in [5, 5.41) is 0. The van der Waals surface area contributed by atoms with Gasteiger partial charge >= 0.3 is 0 Å². The van der Waals surface area contributed by atoms with Crippen LogP contribution in [-0.2, 0) is 0 Å². The Balaban J connectivity index is 2.33. The maximum Gasteiger partial charge on any atom is -0.00489 e. The molecule has 0 amide bonds. The Labute approximate surface area is 76.7 Å². The largest absolute Gasteiger partial charge is 0.330 e. The third-order valence-corrected chi connectivity index (χ3v) is 3.66. The van der Waals surface area contributed by atoms with Crippen molar-refractivity contribution in [2.24, 2.45) is 23.5 Å². The molecule has 1 fully saturated rings. The predicted octanol–water partition coefficient (Wildman–Crippen LogP) is 2.80. The van der Waals surface area contributed by atoms with E-state index < -0.39 is 0 Å². The van der Waals surface area contributed by atoms with Crippen molar-refractivity contribution in [3.8, 4) is 0 Å². The Morgan fingerprint density at radius 3 is 2.25 bits per heavy atom. The second-order valence-corrected chi connectivity index (χ2v) is 4.47. The molecule has 0 heterocycles. The minimum Gasteiger partial charge on any atom is -0.330 e. The van der Waals surface area contributed by atoms with Gasteiger partial charge in [0.25, 0.3) is 0 Å². The van der Waals surface area contributed by atoms with E-state index in [1.54, 1.807) is 0 Å². The zero-order valence-corrected chi connectivity index (χ0v) is 8.55. The van der Waals surface area contributed by atoms with Gasteiger partial charge in [-0.2, -0.15) is 0 Å². The lowest BCUT2D eigenvalue weighted by Gasteiger charge is -2.31.